The fraction of sp³-hybridized carbons (Fsp3) is 0.174. The van der Waals surface area contributed by atoms with Gasteiger partial charge in [0.05, 0.1) is 28.4 Å². The van der Waals surface area contributed by atoms with E-state index in [1.807, 2.05) is 12.1 Å². The Hall–Kier alpha value is -3.29. The maximum absolute atomic E-state index is 13.4. The van der Waals surface area contributed by atoms with Gasteiger partial charge in [-0.05, 0) is 24.6 Å². The number of allylic oxidation sites excluding steroid dienone is 2. The molecule has 164 valence electrons. The number of halogens is 2. The van der Waals surface area contributed by atoms with E-state index in [2.05, 4.69) is 5.32 Å². The van der Waals surface area contributed by atoms with E-state index >= 15 is 0 Å². The number of rotatable bonds is 5. The smallest absolute Gasteiger partial charge is 0.341 e. The van der Waals surface area contributed by atoms with E-state index < -0.39 is 24.5 Å². The predicted octanol–water partition coefficient (Wildman–Crippen LogP) is 4.20. The number of fused-ring (bicyclic) bond motifs is 2. The van der Waals surface area contributed by atoms with Crippen molar-refractivity contribution < 1.29 is 29.0 Å². The number of nitrogens with one attached hydrogen (secondary N) is 1. The highest BCUT2D eigenvalue weighted by molar-refractivity contribution is 6.37. The van der Waals surface area contributed by atoms with Gasteiger partial charge >= 0.3 is 11.9 Å². The van der Waals surface area contributed by atoms with E-state index in [9.17, 15) is 14.4 Å². The second kappa shape index (κ2) is 8.33. The molecule has 1 aliphatic carbocycles. The van der Waals surface area contributed by atoms with Crippen LogP contribution in [-0.2, 0) is 14.3 Å². The first kappa shape index (κ1) is 21.9. The molecule has 0 fully saturated rings. The van der Waals surface area contributed by atoms with Crippen LogP contribution in [0.2, 0.25) is 10.0 Å². The van der Waals surface area contributed by atoms with Gasteiger partial charge in [0.15, 0.2) is 18.1 Å². The third-order valence-corrected chi connectivity index (χ3v) is 5.91. The molecule has 1 heterocycles. The molecule has 2 aromatic rings. The first-order valence-corrected chi connectivity index (χ1v) is 10.3. The zero-order valence-electron chi connectivity index (χ0n) is 17.0. The average Bonchev–Trinajstić information content (AvgIpc) is 3.03. The van der Waals surface area contributed by atoms with Gasteiger partial charge < -0.3 is 19.9 Å². The van der Waals surface area contributed by atoms with E-state index in [0.717, 1.165) is 5.56 Å². The van der Waals surface area contributed by atoms with Crippen LogP contribution in [0.15, 0.2) is 53.2 Å². The Kier molecular flexibility index (Phi) is 5.71. The first-order valence-electron chi connectivity index (χ1n) is 9.52. The average molecular weight is 474 g/mol. The standard InChI is InChI=1S/C23H17Cl2NO6/c1-10-17(23(30)31-2)18(11-7-14(24)22(15(25)8-11)32-9-16(27)28)19-20(26-10)12-5-3-4-6-13(12)21(19)29/h3-8,18,26H,9H2,1-2H3,(H,27,28)/t18-/m0/s1. The monoisotopic (exact) mass is 473 g/mol. The number of Topliss-reactive ketones (excluding diaryl/α,β-unsaturated/α-hetero) is 1. The number of hydrogen-bond acceptors (Lipinski definition) is 6. The Morgan fingerprint density at radius 1 is 1.12 bits per heavy atom. The summed E-state index contributed by atoms with van der Waals surface area (Å²) in [4.78, 5) is 36.9. The largest absolute Gasteiger partial charge is 0.479 e. The highest BCUT2D eigenvalue weighted by Crippen LogP contribution is 2.48. The Morgan fingerprint density at radius 3 is 2.34 bits per heavy atom. The van der Waals surface area contributed by atoms with E-state index in [4.69, 9.17) is 37.8 Å². The zero-order chi connectivity index (χ0) is 23.2. The molecule has 0 radical (unpaired) electrons. The van der Waals surface area contributed by atoms with Crippen molar-refractivity contribution in [1.29, 1.82) is 0 Å². The number of dihydropyridines is 1. The molecule has 0 amide bonds. The molecule has 1 aliphatic heterocycles. The highest BCUT2D eigenvalue weighted by Gasteiger charge is 2.43. The molecule has 7 nitrogen and oxygen atoms in total. The minimum atomic E-state index is -1.18. The van der Waals surface area contributed by atoms with Gasteiger partial charge in [0.1, 0.15) is 0 Å². The number of carbonyl (C=O) groups is 3. The second-order valence-electron chi connectivity index (χ2n) is 7.25. The lowest BCUT2D eigenvalue weighted by Crippen LogP contribution is -2.29. The Bertz CT molecular complexity index is 1220. The fourth-order valence-corrected chi connectivity index (χ4v) is 4.67. The maximum Gasteiger partial charge on any atom is 0.341 e. The molecule has 0 unspecified atom stereocenters. The van der Waals surface area contributed by atoms with Gasteiger partial charge in [0.25, 0.3) is 0 Å². The van der Waals surface area contributed by atoms with Crippen molar-refractivity contribution in [2.24, 2.45) is 0 Å². The number of hydrogen-bond donors (Lipinski definition) is 2. The minimum absolute atomic E-state index is 0.00368. The number of benzene rings is 2. The molecule has 0 aromatic heterocycles. The molecule has 32 heavy (non-hydrogen) atoms. The molecule has 1 atom stereocenters. The lowest BCUT2D eigenvalue weighted by Gasteiger charge is -2.29. The first-order chi connectivity index (χ1) is 15.2. The van der Waals surface area contributed by atoms with E-state index in [0.29, 0.717) is 28.1 Å². The van der Waals surface area contributed by atoms with Crippen LogP contribution in [0.5, 0.6) is 5.75 Å². The van der Waals surface area contributed by atoms with Crippen LogP contribution in [-0.4, -0.2) is 36.5 Å². The third kappa shape index (κ3) is 3.53. The molecule has 2 aromatic carbocycles. The maximum atomic E-state index is 13.4. The van der Waals surface area contributed by atoms with Gasteiger partial charge in [-0.25, -0.2) is 9.59 Å². The van der Waals surface area contributed by atoms with Gasteiger partial charge in [0, 0.05) is 28.3 Å². The molecule has 0 saturated heterocycles. The Balaban J connectivity index is 1.89. The summed E-state index contributed by atoms with van der Waals surface area (Å²) in [7, 11) is 1.26. The van der Waals surface area contributed by atoms with Gasteiger partial charge in [-0.3, -0.25) is 4.79 Å². The highest BCUT2D eigenvalue weighted by atomic mass is 35.5. The van der Waals surface area contributed by atoms with Crippen LogP contribution in [0.3, 0.4) is 0 Å². The Morgan fingerprint density at radius 2 is 1.75 bits per heavy atom. The van der Waals surface area contributed by atoms with Crippen LogP contribution in [0, 0.1) is 0 Å². The number of methoxy groups -OCH3 is 1. The van der Waals surface area contributed by atoms with Crippen LogP contribution in [0.4, 0.5) is 0 Å². The second-order valence-corrected chi connectivity index (χ2v) is 8.06. The summed E-state index contributed by atoms with van der Waals surface area (Å²) in [5, 5.41) is 12.2. The molecule has 9 heteroatoms. The molecule has 0 saturated carbocycles. The zero-order valence-corrected chi connectivity index (χ0v) is 18.5. The molecule has 2 aliphatic rings. The van der Waals surface area contributed by atoms with Crippen molar-refractivity contribution in [3.05, 3.63) is 80.0 Å². The molecule has 0 spiro atoms. The summed E-state index contributed by atoms with van der Waals surface area (Å²) in [6.07, 6.45) is 0. The van der Waals surface area contributed by atoms with Crippen molar-refractivity contribution in [3.8, 4) is 5.75 Å². The van der Waals surface area contributed by atoms with E-state index in [1.165, 1.54) is 19.2 Å². The number of esters is 1. The summed E-state index contributed by atoms with van der Waals surface area (Å²) in [6.45, 7) is 1.10. The minimum Gasteiger partial charge on any atom is -0.479 e. The number of carboxylic acids is 1. The molecule has 4 rings (SSSR count). The number of carbonyl (C=O) groups excluding carboxylic acids is 2. The van der Waals surface area contributed by atoms with Crippen LogP contribution < -0.4 is 10.1 Å². The van der Waals surface area contributed by atoms with Crippen molar-refractivity contribution in [3.63, 3.8) is 0 Å². The van der Waals surface area contributed by atoms with Gasteiger partial charge in [0.2, 0.25) is 0 Å². The number of ether oxygens (including phenoxy) is 2. The predicted molar refractivity (Wildman–Crippen MR) is 118 cm³/mol. The molecule has 0 bridgehead atoms. The van der Waals surface area contributed by atoms with Crippen molar-refractivity contribution in [2.45, 2.75) is 12.8 Å². The van der Waals surface area contributed by atoms with E-state index in [-0.39, 0.29) is 27.2 Å². The lowest BCUT2D eigenvalue weighted by molar-refractivity contribution is -0.139. The lowest BCUT2D eigenvalue weighted by atomic mass is 9.80. The quantitative estimate of drug-likeness (QED) is 0.627. The third-order valence-electron chi connectivity index (χ3n) is 5.35. The van der Waals surface area contributed by atoms with Gasteiger partial charge in [-0.15, -0.1) is 0 Å². The van der Waals surface area contributed by atoms with Gasteiger partial charge in [-0.1, -0.05) is 47.5 Å². The van der Waals surface area contributed by atoms with Crippen molar-refractivity contribution in [1.82, 2.24) is 5.32 Å². The SMILES string of the molecule is COC(=O)C1=C(C)NC2=C(C(=O)c3ccccc32)[C@H]1c1cc(Cl)c(OCC(=O)O)c(Cl)c1. The van der Waals surface area contributed by atoms with Gasteiger partial charge in [-0.2, -0.15) is 0 Å². The van der Waals surface area contributed by atoms with Crippen molar-refractivity contribution in [2.75, 3.05) is 13.7 Å². The van der Waals surface area contributed by atoms with Crippen LogP contribution in [0.1, 0.15) is 34.3 Å². The summed E-state index contributed by atoms with van der Waals surface area (Å²) in [5.41, 5.74) is 3.49. The number of carboxylic acid groups (broad SMARTS) is 1. The topological polar surface area (TPSA) is 102 Å². The van der Waals surface area contributed by atoms with E-state index in [1.54, 1.807) is 19.1 Å². The fourth-order valence-electron chi connectivity index (χ4n) is 4.06. The molecular formula is C23H17Cl2NO6. The van der Waals surface area contributed by atoms with Crippen LogP contribution >= 0.6 is 23.2 Å². The Labute approximate surface area is 193 Å². The van der Waals surface area contributed by atoms with Crippen LogP contribution in [0.25, 0.3) is 5.70 Å². The van der Waals surface area contributed by atoms with Crippen molar-refractivity contribution >= 4 is 46.6 Å². The molecule has 2 N–H and O–H groups in total. The molecular weight excluding hydrogens is 457 g/mol. The summed E-state index contributed by atoms with van der Waals surface area (Å²) in [6, 6.07) is 10.2. The number of aliphatic carboxylic acids is 1. The number of ketones is 1. The summed E-state index contributed by atoms with van der Waals surface area (Å²) in [5.74, 6) is -2.81. The summed E-state index contributed by atoms with van der Waals surface area (Å²) < 4.78 is 10.2. The normalized spacial score (nSPS) is 17.0. The summed E-state index contributed by atoms with van der Waals surface area (Å²) >= 11 is 12.7.